The number of aliphatic hydroxyl groups is 1. The molecule has 1 N–H and O–H groups in total. The summed E-state index contributed by atoms with van der Waals surface area (Å²) in [6.07, 6.45) is 7.13. The van der Waals surface area contributed by atoms with Crippen LogP contribution >= 0.6 is 0 Å². The lowest BCUT2D eigenvalue weighted by molar-refractivity contribution is -0.000700. The van der Waals surface area contributed by atoms with Crippen LogP contribution in [-0.2, 0) is 4.74 Å². The Hall–Kier alpha value is -0.0800. The van der Waals surface area contributed by atoms with Crippen LogP contribution in [-0.4, -0.2) is 23.9 Å². The first-order valence-electron chi connectivity index (χ1n) is 5.98. The van der Waals surface area contributed by atoms with Gasteiger partial charge in [0.2, 0.25) is 0 Å². The van der Waals surface area contributed by atoms with Crippen molar-refractivity contribution in [1.29, 1.82) is 0 Å². The molecule has 0 bridgehead atoms. The molecule has 0 aromatic heterocycles. The summed E-state index contributed by atoms with van der Waals surface area (Å²) < 4.78 is 5.27. The normalized spacial score (nSPS) is 44.1. The Morgan fingerprint density at radius 3 is 2.57 bits per heavy atom. The largest absolute Gasteiger partial charge is 0.387 e. The quantitative estimate of drug-likeness (QED) is 0.738. The molecule has 2 nitrogen and oxygen atoms in total. The summed E-state index contributed by atoms with van der Waals surface area (Å²) >= 11 is 0. The van der Waals surface area contributed by atoms with Crippen LogP contribution in [0, 0.1) is 11.8 Å². The van der Waals surface area contributed by atoms with Crippen LogP contribution in [0.1, 0.15) is 45.4 Å². The number of ether oxygens (including phenoxy) is 1. The third-order valence-electron chi connectivity index (χ3n) is 3.89. The van der Waals surface area contributed by atoms with Gasteiger partial charge >= 0.3 is 0 Å². The Labute approximate surface area is 86.6 Å². The second kappa shape index (κ2) is 4.19. The van der Waals surface area contributed by atoms with Crippen LogP contribution in [0.3, 0.4) is 0 Å². The predicted molar refractivity (Wildman–Crippen MR) is 56.1 cm³/mol. The standard InChI is InChI=1S/C12H22O2/c1-10-2-4-11(5-3-10)8-12(13)6-7-14-9-12/h10-11,13H,2-9H2,1H3. The molecule has 1 aliphatic carbocycles. The fourth-order valence-electron chi connectivity index (χ4n) is 2.83. The first-order valence-corrected chi connectivity index (χ1v) is 5.98. The molecule has 14 heavy (non-hydrogen) atoms. The van der Waals surface area contributed by atoms with E-state index in [1.165, 1.54) is 25.7 Å². The summed E-state index contributed by atoms with van der Waals surface area (Å²) in [4.78, 5) is 0. The predicted octanol–water partition coefficient (Wildman–Crippen LogP) is 2.35. The summed E-state index contributed by atoms with van der Waals surface area (Å²) in [7, 11) is 0. The second-order valence-electron chi connectivity index (χ2n) is 5.36. The highest BCUT2D eigenvalue weighted by atomic mass is 16.5. The third-order valence-corrected chi connectivity index (χ3v) is 3.89. The van der Waals surface area contributed by atoms with Crippen LogP contribution in [0.15, 0.2) is 0 Å². The van der Waals surface area contributed by atoms with Gasteiger partial charge in [-0.25, -0.2) is 0 Å². The van der Waals surface area contributed by atoms with Crippen molar-refractivity contribution in [1.82, 2.24) is 0 Å². The zero-order valence-electron chi connectivity index (χ0n) is 9.17. The molecule has 2 fully saturated rings. The van der Waals surface area contributed by atoms with Gasteiger partial charge in [0.05, 0.1) is 12.2 Å². The molecular formula is C12H22O2. The number of hydrogen-bond donors (Lipinski definition) is 1. The van der Waals surface area contributed by atoms with E-state index in [1.807, 2.05) is 0 Å². The lowest BCUT2D eigenvalue weighted by Gasteiger charge is -2.31. The average molecular weight is 198 g/mol. The molecule has 1 heterocycles. The molecule has 1 unspecified atom stereocenters. The number of rotatable bonds is 2. The lowest BCUT2D eigenvalue weighted by Crippen LogP contribution is -2.32. The monoisotopic (exact) mass is 198 g/mol. The van der Waals surface area contributed by atoms with Crippen molar-refractivity contribution in [2.24, 2.45) is 11.8 Å². The fourth-order valence-corrected chi connectivity index (χ4v) is 2.83. The van der Waals surface area contributed by atoms with Crippen molar-refractivity contribution in [3.63, 3.8) is 0 Å². The number of hydrogen-bond acceptors (Lipinski definition) is 2. The van der Waals surface area contributed by atoms with Gasteiger partial charge in [0, 0.05) is 13.0 Å². The maximum Gasteiger partial charge on any atom is 0.0904 e. The van der Waals surface area contributed by atoms with Gasteiger partial charge in [0.15, 0.2) is 0 Å². The van der Waals surface area contributed by atoms with Gasteiger partial charge in [0.25, 0.3) is 0 Å². The zero-order valence-corrected chi connectivity index (χ0v) is 9.17. The van der Waals surface area contributed by atoms with Crippen LogP contribution in [0.5, 0.6) is 0 Å². The van der Waals surface area contributed by atoms with Crippen molar-refractivity contribution in [3.05, 3.63) is 0 Å². The molecule has 0 aromatic rings. The summed E-state index contributed by atoms with van der Waals surface area (Å²) in [6.45, 7) is 3.66. The Balaban J connectivity index is 1.79. The molecule has 0 spiro atoms. The van der Waals surface area contributed by atoms with E-state index in [0.29, 0.717) is 6.61 Å². The van der Waals surface area contributed by atoms with E-state index in [4.69, 9.17) is 4.74 Å². The Bertz CT molecular complexity index is 177. The minimum absolute atomic E-state index is 0.481. The van der Waals surface area contributed by atoms with E-state index in [-0.39, 0.29) is 0 Å². The molecule has 82 valence electrons. The van der Waals surface area contributed by atoms with Gasteiger partial charge < -0.3 is 9.84 Å². The molecular weight excluding hydrogens is 176 g/mol. The Kier molecular flexibility index (Phi) is 3.13. The van der Waals surface area contributed by atoms with Crippen molar-refractivity contribution < 1.29 is 9.84 Å². The fraction of sp³-hybridized carbons (Fsp3) is 1.00. The van der Waals surface area contributed by atoms with E-state index >= 15 is 0 Å². The van der Waals surface area contributed by atoms with Crippen LogP contribution in [0.25, 0.3) is 0 Å². The van der Waals surface area contributed by atoms with E-state index in [9.17, 15) is 5.11 Å². The summed E-state index contributed by atoms with van der Waals surface area (Å²) in [6, 6.07) is 0. The Morgan fingerprint density at radius 1 is 1.29 bits per heavy atom. The van der Waals surface area contributed by atoms with E-state index in [1.54, 1.807) is 0 Å². The van der Waals surface area contributed by atoms with Crippen molar-refractivity contribution in [2.75, 3.05) is 13.2 Å². The van der Waals surface area contributed by atoms with E-state index in [2.05, 4.69) is 6.92 Å². The average Bonchev–Trinajstić information content (AvgIpc) is 2.57. The molecule has 0 radical (unpaired) electrons. The first-order chi connectivity index (χ1) is 6.68. The SMILES string of the molecule is CC1CCC(CC2(O)CCOC2)CC1. The molecule has 2 heteroatoms. The highest BCUT2D eigenvalue weighted by Gasteiger charge is 2.35. The van der Waals surface area contributed by atoms with Crippen LogP contribution in [0.4, 0.5) is 0 Å². The zero-order chi connectivity index (χ0) is 10.0. The van der Waals surface area contributed by atoms with Crippen LogP contribution < -0.4 is 0 Å². The van der Waals surface area contributed by atoms with Crippen molar-refractivity contribution in [2.45, 2.75) is 51.0 Å². The summed E-state index contributed by atoms with van der Waals surface area (Å²) in [5.41, 5.74) is -0.481. The smallest absolute Gasteiger partial charge is 0.0904 e. The van der Waals surface area contributed by atoms with Gasteiger partial charge in [0.1, 0.15) is 0 Å². The first kappa shape index (κ1) is 10.4. The minimum Gasteiger partial charge on any atom is -0.387 e. The van der Waals surface area contributed by atoms with Gasteiger partial charge in [-0.1, -0.05) is 32.6 Å². The highest BCUT2D eigenvalue weighted by molar-refractivity contribution is 4.86. The van der Waals surface area contributed by atoms with Gasteiger partial charge in [-0.3, -0.25) is 0 Å². The van der Waals surface area contributed by atoms with Crippen molar-refractivity contribution in [3.8, 4) is 0 Å². The second-order valence-corrected chi connectivity index (χ2v) is 5.36. The van der Waals surface area contributed by atoms with Crippen LogP contribution in [0.2, 0.25) is 0 Å². The topological polar surface area (TPSA) is 29.5 Å². The van der Waals surface area contributed by atoms with Gasteiger partial charge in [-0.2, -0.15) is 0 Å². The molecule has 2 aliphatic rings. The molecule has 1 saturated heterocycles. The minimum atomic E-state index is -0.481. The highest BCUT2D eigenvalue weighted by Crippen LogP contribution is 2.36. The summed E-state index contributed by atoms with van der Waals surface area (Å²) in [5, 5.41) is 10.2. The van der Waals surface area contributed by atoms with Crippen molar-refractivity contribution >= 4 is 0 Å². The van der Waals surface area contributed by atoms with Gasteiger partial charge in [-0.15, -0.1) is 0 Å². The van der Waals surface area contributed by atoms with E-state index in [0.717, 1.165) is 31.3 Å². The molecule has 1 aliphatic heterocycles. The summed E-state index contributed by atoms with van der Waals surface area (Å²) in [5.74, 6) is 1.65. The molecule has 1 saturated carbocycles. The molecule has 0 amide bonds. The Morgan fingerprint density at radius 2 is 2.00 bits per heavy atom. The molecule has 0 aromatic carbocycles. The van der Waals surface area contributed by atoms with E-state index < -0.39 is 5.60 Å². The maximum absolute atomic E-state index is 10.2. The lowest BCUT2D eigenvalue weighted by atomic mass is 9.77. The van der Waals surface area contributed by atoms with Gasteiger partial charge in [-0.05, 0) is 18.3 Å². The molecule has 2 rings (SSSR count). The molecule has 1 atom stereocenters. The maximum atomic E-state index is 10.2. The third kappa shape index (κ3) is 2.48.